The maximum Gasteiger partial charge on any atom is 0.277 e. The third-order valence-corrected chi connectivity index (χ3v) is 7.29. The largest absolute Gasteiger partial charge is 0.454 e. The summed E-state index contributed by atoms with van der Waals surface area (Å²) in [6.07, 6.45) is 3.79. The summed E-state index contributed by atoms with van der Waals surface area (Å²) in [6, 6.07) is 2.93. The third-order valence-electron chi connectivity index (χ3n) is 7.29. The van der Waals surface area contributed by atoms with E-state index in [9.17, 15) is 19.7 Å². The van der Waals surface area contributed by atoms with Crippen molar-refractivity contribution in [2.45, 2.75) is 58.8 Å². The predicted molar refractivity (Wildman–Crippen MR) is 124 cm³/mol. The van der Waals surface area contributed by atoms with Crippen LogP contribution in [0.5, 0.6) is 11.5 Å². The van der Waals surface area contributed by atoms with Gasteiger partial charge in [0.25, 0.3) is 5.69 Å². The van der Waals surface area contributed by atoms with Crippen molar-refractivity contribution in [3.63, 3.8) is 0 Å². The van der Waals surface area contributed by atoms with Gasteiger partial charge in [-0.3, -0.25) is 24.7 Å². The first kappa shape index (κ1) is 22.6. The van der Waals surface area contributed by atoms with E-state index in [4.69, 9.17) is 14.5 Å². The van der Waals surface area contributed by atoms with Crippen molar-refractivity contribution in [2.24, 2.45) is 16.3 Å². The molecule has 5 rings (SSSR count). The van der Waals surface area contributed by atoms with Gasteiger partial charge in [-0.05, 0) is 44.1 Å². The minimum Gasteiger partial charge on any atom is -0.454 e. The van der Waals surface area contributed by atoms with Crippen LogP contribution in [0.25, 0.3) is 0 Å². The van der Waals surface area contributed by atoms with E-state index < -0.39 is 16.8 Å². The van der Waals surface area contributed by atoms with E-state index in [1.165, 1.54) is 6.07 Å². The molecule has 34 heavy (non-hydrogen) atoms. The predicted octanol–water partition coefficient (Wildman–Crippen LogP) is 4.15. The van der Waals surface area contributed by atoms with Crippen LogP contribution in [0, 0.1) is 21.4 Å². The fourth-order valence-corrected chi connectivity index (χ4v) is 5.77. The van der Waals surface area contributed by atoms with Gasteiger partial charge in [0.2, 0.25) is 12.7 Å². The zero-order valence-corrected chi connectivity index (χ0v) is 19.8. The summed E-state index contributed by atoms with van der Waals surface area (Å²) in [5, 5.41) is 12.2. The van der Waals surface area contributed by atoms with Crippen LogP contribution in [0.15, 0.2) is 28.4 Å². The number of benzene rings is 1. The lowest BCUT2D eigenvalue weighted by atomic mass is 9.66. The van der Waals surface area contributed by atoms with Crippen LogP contribution in [-0.4, -0.2) is 47.1 Å². The molecule has 1 aromatic carbocycles. The number of ketones is 1. The SMILES string of the molecule is CC1=NC2=C(C(=O)CC(C)(C)C2)[C@H](c2cc3c(cc2[N+](=O)[O-])OCO3)C1C(=O)N1CCCCC1. The van der Waals surface area contributed by atoms with E-state index in [1.54, 1.807) is 13.0 Å². The van der Waals surface area contributed by atoms with Crippen LogP contribution in [0.1, 0.15) is 64.4 Å². The highest BCUT2D eigenvalue weighted by atomic mass is 16.7. The molecule has 9 heteroatoms. The molecule has 0 bridgehead atoms. The Bertz CT molecular complexity index is 1150. The van der Waals surface area contributed by atoms with Crippen molar-refractivity contribution in [2.75, 3.05) is 19.9 Å². The fourth-order valence-electron chi connectivity index (χ4n) is 5.77. The molecule has 3 aliphatic heterocycles. The van der Waals surface area contributed by atoms with Crippen LogP contribution in [0.3, 0.4) is 0 Å². The molecule has 0 spiro atoms. The number of hydrogen-bond acceptors (Lipinski definition) is 7. The van der Waals surface area contributed by atoms with E-state index in [2.05, 4.69) is 0 Å². The van der Waals surface area contributed by atoms with E-state index >= 15 is 0 Å². The van der Waals surface area contributed by atoms with Crippen LogP contribution in [0.4, 0.5) is 5.69 Å². The highest BCUT2D eigenvalue weighted by molar-refractivity contribution is 6.10. The first-order chi connectivity index (χ1) is 16.2. The normalized spacial score (nSPS) is 25.7. The van der Waals surface area contributed by atoms with Crippen molar-refractivity contribution in [1.29, 1.82) is 0 Å². The highest BCUT2D eigenvalue weighted by Gasteiger charge is 2.48. The quantitative estimate of drug-likeness (QED) is 0.488. The number of hydrogen-bond donors (Lipinski definition) is 0. The number of allylic oxidation sites excluding steroid dienone is 2. The molecule has 1 aromatic rings. The van der Waals surface area contributed by atoms with E-state index in [0.29, 0.717) is 60.0 Å². The average molecular weight is 468 g/mol. The number of Topliss-reactive ketones (excluding diaryl/α,β-unsaturated/α-hetero) is 1. The van der Waals surface area contributed by atoms with Gasteiger partial charge < -0.3 is 14.4 Å². The Kier molecular flexibility index (Phi) is 5.45. The summed E-state index contributed by atoms with van der Waals surface area (Å²) in [5.74, 6) is -1.11. The minimum absolute atomic E-state index is 0.0295. The van der Waals surface area contributed by atoms with Gasteiger partial charge in [-0.2, -0.15) is 0 Å². The number of nitro benzene ring substituents is 1. The van der Waals surface area contributed by atoms with Crippen molar-refractivity contribution in [3.05, 3.63) is 39.1 Å². The summed E-state index contributed by atoms with van der Waals surface area (Å²) in [6.45, 7) is 7.09. The number of aliphatic imine (C=N–C) groups is 1. The topological polar surface area (TPSA) is 111 Å². The number of carbonyl (C=O) groups excluding carboxylic acids is 2. The second kappa shape index (κ2) is 8.21. The minimum atomic E-state index is -0.791. The molecule has 180 valence electrons. The maximum atomic E-state index is 13.9. The summed E-state index contributed by atoms with van der Waals surface area (Å²) < 4.78 is 10.9. The standard InChI is InChI=1S/C25H29N3O6/c1-14-21(24(30)27-7-5-4-6-8-27)22(23-16(26-14)11-25(2,3)12-18(23)29)15-9-19-20(34-13-33-19)10-17(15)28(31)32/h9-10,21-22H,4-8,11-13H2,1-3H3/t21?,22-/m1/s1. The number of likely N-dealkylation sites (tertiary alicyclic amines) is 1. The van der Waals surface area contributed by atoms with Crippen LogP contribution >= 0.6 is 0 Å². The molecule has 2 atom stereocenters. The molecular formula is C25H29N3O6. The van der Waals surface area contributed by atoms with Gasteiger partial charge in [-0.25, -0.2) is 0 Å². The first-order valence-electron chi connectivity index (χ1n) is 11.8. The number of nitrogens with zero attached hydrogens (tertiary/aromatic N) is 3. The van der Waals surface area contributed by atoms with Gasteiger partial charge in [0.1, 0.15) is 0 Å². The number of fused-ring (bicyclic) bond motifs is 1. The number of nitro groups is 1. The van der Waals surface area contributed by atoms with Crippen molar-refractivity contribution < 1.29 is 24.0 Å². The monoisotopic (exact) mass is 467 g/mol. The fraction of sp³-hybridized carbons (Fsp3) is 0.560. The Morgan fingerprint density at radius 3 is 2.50 bits per heavy atom. The van der Waals surface area contributed by atoms with Crippen LogP contribution in [-0.2, 0) is 9.59 Å². The summed E-state index contributed by atoms with van der Waals surface area (Å²) in [4.78, 5) is 45.6. The number of carbonyl (C=O) groups is 2. The second-order valence-electron chi connectivity index (χ2n) is 10.4. The Morgan fingerprint density at radius 1 is 1.15 bits per heavy atom. The summed E-state index contributed by atoms with van der Waals surface area (Å²) >= 11 is 0. The first-order valence-corrected chi connectivity index (χ1v) is 11.8. The van der Waals surface area contributed by atoms with E-state index in [0.717, 1.165) is 19.3 Å². The molecule has 3 heterocycles. The van der Waals surface area contributed by atoms with Gasteiger partial charge in [-0.1, -0.05) is 13.8 Å². The summed E-state index contributed by atoms with van der Waals surface area (Å²) in [5.41, 5.74) is 1.52. The Hall–Kier alpha value is -3.23. The van der Waals surface area contributed by atoms with Gasteiger partial charge in [0, 0.05) is 48.0 Å². The maximum absolute atomic E-state index is 13.9. The van der Waals surface area contributed by atoms with Gasteiger partial charge in [0.05, 0.1) is 16.9 Å². The Labute approximate surface area is 198 Å². The number of amides is 1. The molecule has 0 saturated carbocycles. The highest BCUT2D eigenvalue weighted by Crippen LogP contribution is 2.51. The Balaban J connectivity index is 1.70. The number of rotatable bonds is 3. The molecule has 0 N–H and O–H groups in total. The van der Waals surface area contributed by atoms with Crippen molar-refractivity contribution in [3.8, 4) is 11.5 Å². The van der Waals surface area contributed by atoms with Gasteiger partial charge in [0.15, 0.2) is 17.3 Å². The van der Waals surface area contributed by atoms with Crippen molar-refractivity contribution in [1.82, 2.24) is 4.90 Å². The molecule has 1 unspecified atom stereocenters. The zero-order valence-electron chi connectivity index (χ0n) is 19.8. The second-order valence-corrected chi connectivity index (χ2v) is 10.4. The zero-order chi connectivity index (χ0) is 24.2. The third kappa shape index (κ3) is 3.76. The van der Waals surface area contributed by atoms with Crippen LogP contribution < -0.4 is 9.47 Å². The molecule has 4 aliphatic rings. The van der Waals surface area contributed by atoms with Gasteiger partial charge >= 0.3 is 0 Å². The lowest BCUT2D eigenvalue weighted by Crippen LogP contribution is -2.47. The lowest BCUT2D eigenvalue weighted by molar-refractivity contribution is -0.385. The lowest BCUT2D eigenvalue weighted by Gasteiger charge is -2.41. The molecule has 1 amide bonds. The summed E-state index contributed by atoms with van der Waals surface area (Å²) in [7, 11) is 0. The average Bonchev–Trinajstić information content (AvgIpc) is 3.24. The molecule has 0 radical (unpaired) electrons. The van der Waals surface area contributed by atoms with Crippen molar-refractivity contribution >= 4 is 23.1 Å². The molecule has 9 nitrogen and oxygen atoms in total. The number of ether oxygens (including phenoxy) is 2. The molecule has 1 fully saturated rings. The number of piperidine rings is 1. The molecular weight excluding hydrogens is 438 g/mol. The van der Waals surface area contributed by atoms with E-state index in [1.807, 2.05) is 18.7 Å². The smallest absolute Gasteiger partial charge is 0.277 e. The molecule has 1 aliphatic carbocycles. The Morgan fingerprint density at radius 2 is 1.82 bits per heavy atom. The van der Waals surface area contributed by atoms with Crippen LogP contribution in [0.2, 0.25) is 0 Å². The van der Waals surface area contributed by atoms with Gasteiger partial charge in [-0.15, -0.1) is 0 Å². The molecule has 1 saturated heterocycles. The van der Waals surface area contributed by atoms with E-state index in [-0.39, 0.29) is 29.6 Å². The molecule has 0 aromatic heterocycles.